The molecule has 1 N–H and O–H groups in total. The molecule has 0 fully saturated rings. The summed E-state index contributed by atoms with van der Waals surface area (Å²) in [5.41, 5.74) is 2.02. The zero-order valence-electron chi connectivity index (χ0n) is 14.1. The molecule has 2 heterocycles. The Morgan fingerprint density at radius 2 is 2.08 bits per heavy atom. The minimum atomic E-state index is -1.73. The molecule has 1 aliphatic rings. The van der Waals surface area contributed by atoms with E-state index in [1.54, 1.807) is 37.5 Å². The van der Waals surface area contributed by atoms with Crippen molar-refractivity contribution in [3.63, 3.8) is 0 Å². The van der Waals surface area contributed by atoms with E-state index >= 15 is 0 Å². The van der Waals surface area contributed by atoms with Crippen molar-refractivity contribution in [3.05, 3.63) is 41.7 Å². The maximum Gasteiger partial charge on any atom is 0.334 e. The summed E-state index contributed by atoms with van der Waals surface area (Å²) in [4.78, 5) is 19.9. The number of nitrogens with zero attached hydrogens (tertiary/aromatic N) is 2. The Kier molecular flexibility index (Phi) is 5.01. The van der Waals surface area contributed by atoms with Crippen LogP contribution in [0.15, 0.2) is 30.6 Å². The fourth-order valence-corrected chi connectivity index (χ4v) is 2.80. The van der Waals surface area contributed by atoms with E-state index in [4.69, 9.17) is 14.1 Å². The first-order valence-electron chi connectivity index (χ1n) is 8.07. The second-order valence-corrected chi connectivity index (χ2v) is 5.54. The smallest absolute Gasteiger partial charge is 0.334 e. The summed E-state index contributed by atoms with van der Waals surface area (Å²) in [5.74, 6) is -1.72. The molecular weight excluding hydrogens is 323 g/mol. The molecule has 7 nitrogen and oxygen atoms in total. The van der Waals surface area contributed by atoms with Gasteiger partial charge in [-0.2, -0.15) is 0 Å². The van der Waals surface area contributed by atoms with Crippen LogP contribution in [0.2, 0.25) is 0 Å². The fraction of sp³-hybridized carbons (Fsp3) is 0.353. The molecule has 3 rings (SSSR count). The number of carbonyl (C=O) groups is 1. The molecule has 0 spiro atoms. The topological polar surface area (TPSA) is 90.8 Å². The molecule has 0 aliphatic carbocycles. The standard InChI is InChI=1S/C17H18BN2O5/c1-3-11-8-12(24-16-19-6-5-7-20-16)9-13-15(11)17(22,25-18-13)10-14(21)23-4-2/h5-9,22H,3-4,10H2,1-2H3. The van der Waals surface area contributed by atoms with Crippen LogP contribution < -0.4 is 10.2 Å². The first-order chi connectivity index (χ1) is 12.1. The SMILES string of the molecule is CCOC(=O)CC1(O)O[B]c2cc(Oc3ncccn3)cc(CC)c21. The van der Waals surface area contributed by atoms with Gasteiger partial charge in [0, 0.05) is 18.0 Å². The van der Waals surface area contributed by atoms with Crippen molar-refractivity contribution in [1.29, 1.82) is 0 Å². The number of hydrogen-bond acceptors (Lipinski definition) is 7. The Bertz CT molecular complexity index is 771. The van der Waals surface area contributed by atoms with Crippen LogP contribution in [0.4, 0.5) is 0 Å². The largest absolute Gasteiger partial charge is 0.466 e. The summed E-state index contributed by atoms with van der Waals surface area (Å²) < 4.78 is 16.0. The Balaban J connectivity index is 1.91. The zero-order chi connectivity index (χ0) is 17.9. The van der Waals surface area contributed by atoms with Crippen LogP contribution in [0, 0.1) is 0 Å². The van der Waals surface area contributed by atoms with Gasteiger partial charge in [0.05, 0.1) is 6.61 Å². The maximum atomic E-state index is 11.8. The van der Waals surface area contributed by atoms with Crippen LogP contribution in [0.3, 0.4) is 0 Å². The minimum Gasteiger partial charge on any atom is -0.466 e. The molecule has 1 atom stereocenters. The normalized spacial score (nSPS) is 18.4. The number of benzene rings is 1. The molecule has 1 aromatic heterocycles. The van der Waals surface area contributed by atoms with Gasteiger partial charge in [0.15, 0.2) is 5.79 Å². The van der Waals surface area contributed by atoms with Crippen LogP contribution in [0.1, 0.15) is 31.4 Å². The van der Waals surface area contributed by atoms with Gasteiger partial charge in [-0.25, -0.2) is 9.97 Å². The minimum absolute atomic E-state index is 0.227. The summed E-state index contributed by atoms with van der Waals surface area (Å²) >= 11 is 0. The summed E-state index contributed by atoms with van der Waals surface area (Å²) in [6.45, 7) is 3.90. The van der Waals surface area contributed by atoms with Gasteiger partial charge in [-0.3, -0.25) is 4.79 Å². The van der Waals surface area contributed by atoms with Crippen LogP contribution in [0.25, 0.3) is 0 Å². The van der Waals surface area contributed by atoms with E-state index in [-0.39, 0.29) is 19.0 Å². The first-order valence-corrected chi connectivity index (χ1v) is 8.07. The molecule has 0 saturated carbocycles. The molecule has 8 heteroatoms. The summed E-state index contributed by atoms with van der Waals surface area (Å²) in [6.07, 6.45) is 3.52. The maximum absolute atomic E-state index is 11.8. The van der Waals surface area contributed by atoms with Crippen molar-refractivity contribution in [2.24, 2.45) is 0 Å². The van der Waals surface area contributed by atoms with Crippen LogP contribution >= 0.6 is 0 Å². The van der Waals surface area contributed by atoms with E-state index in [1.165, 1.54) is 7.48 Å². The number of fused-ring (bicyclic) bond motifs is 1. The van der Waals surface area contributed by atoms with Gasteiger partial charge >= 0.3 is 19.5 Å². The summed E-state index contributed by atoms with van der Waals surface area (Å²) in [5, 5.41) is 10.8. The van der Waals surface area contributed by atoms with E-state index in [1.807, 2.05) is 6.92 Å². The number of aromatic nitrogens is 2. The molecule has 25 heavy (non-hydrogen) atoms. The molecule has 0 saturated heterocycles. The molecule has 1 unspecified atom stereocenters. The van der Waals surface area contributed by atoms with Gasteiger partial charge in [0.2, 0.25) is 0 Å². The molecular formula is C17H18BN2O5. The molecule has 129 valence electrons. The average molecular weight is 341 g/mol. The highest BCUT2D eigenvalue weighted by Gasteiger charge is 2.43. The predicted octanol–water partition coefficient (Wildman–Crippen LogP) is 1.20. The van der Waals surface area contributed by atoms with Gasteiger partial charge in [-0.15, -0.1) is 0 Å². The van der Waals surface area contributed by atoms with E-state index in [2.05, 4.69) is 9.97 Å². The van der Waals surface area contributed by atoms with Crippen molar-refractivity contribution in [2.75, 3.05) is 6.61 Å². The third-order valence-corrected chi connectivity index (χ3v) is 3.82. The highest BCUT2D eigenvalue weighted by Crippen LogP contribution is 2.35. The van der Waals surface area contributed by atoms with E-state index in [0.717, 1.165) is 5.56 Å². The Morgan fingerprint density at radius 1 is 1.32 bits per heavy atom. The van der Waals surface area contributed by atoms with Gasteiger partial charge < -0.3 is 19.2 Å². The lowest BCUT2D eigenvalue weighted by atomic mass is 9.82. The predicted molar refractivity (Wildman–Crippen MR) is 89.5 cm³/mol. The molecule has 0 bridgehead atoms. The van der Waals surface area contributed by atoms with Gasteiger partial charge in [-0.1, -0.05) is 6.92 Å². The van der Waals surface area contributed by atoms with Crippen molar-refractivity contribution in [1.82, 2.24) is 9.97 Å². The van der Waals surface area contributed by atoms with Gasteiger partial charge in [-0.05, 0) is 42.6 Å². The number of rotatable bonds is 6. The lowest BCUT2D eigenvalue weighted by Gasteiger charge is -2.25. The Labute approximate surface area is 146 Å². The molecule has 1 aromatic carbocycles. The van der Waals surface area contributed by atoms with E-state index < -0.39 is 11.8 Å². The number of aryl methyl sites for hydroxylation is 1. The zero-order valence-corrected chi connectivity index (χ0v) is 14.1. The van der Waals surface area contributed by atoms with Crippen LogP contribution in [0.5, 0.6) is 11.8 Å². The van der Waals surface area contributed by atoms with Crippen LogP contribution in [-0.2, 0) is 26.4 Å². The van der Waals surface area contributed by atoms with Crippen molar-refractivity contribution < 1.29 is 24.0 Å². The number of ether oxygens (including phenoxy) is 2. The second kappa shape index (κ2) is 7.20. The quantitative estimate of drug-likeness (QED) is 0.624. The first kappa shape index (κ1) is 17.4. The van der Waals surface area contributed by atoms with E-state index in [9.17, 15) is 9.90 Å². The van der Waals surface area contributed by atoms with Crippen molar-refractivity contribution >= 4 is 18.9 Å². The fourth-order valence-electron chi connectivity index (χ4n) is 2.80. The van der Waals surface area contributed by atoms with Crippen LogP contribution in [-0.4, -0.2) is 35.1 Å². The molecule has 1 radical (unpaired) electrons. The summed E-state index contributed by atoms with van der Waals surface area (Å²) in [7, 11) is 1.42. The third kappa shape index (κ3) is 3.64. The third-order valence-electron chi connectivity index (χ3n) is 3.82. The Hall–Kier alpha value is -2.45. The van der Waals surface area contributed by atoms with Gasteiger partial charge in [0.1, 0.15) is 12.2 Å². The molecule has 1 aliphatic heterocycles. The average Bonchev–Trinajstić information content (AvgIpc) is 2.92. The monoisotopic (exact) mass is 341 g/mol. The van der Waals surface area contributed by atoms with Crippen molar-refractivity contribution in [3.8, 4) is 11.8 Å². The summed E-state index contributed by atoms with van der Waals surface area (Å²) in [6, 6.07) is 5.43. The lowest BCUT2D eigenvalue weighted by molar-refractivity contribution is -0.174. The molecule has 0 amide bonds. The van der Waals surface area contributed by atoms with E-state index in [0.29, 0.717) is 23.2 Å². The number of carbonyl (C=O) groups excluding carboxylic acids is 1. The number of hydrogen-bond donors (Lipinski definition) is 1. The highest BCUT2D eigenvalue weighted by atomic mass is 16.6. The number of esters is 1. The number of aliphatic hydroxyl groups is 1. The van der Waals surface area contributed by atoms with Gasteiger partial charge in [0.25, 0.3) is 0 Å². The Morgan fingerprint density at radius 3 is 2.76 bits per heavy atom. The second-order valence-electron chi connectivity index (χ2n) is 5.54. The lowest BCUT2D eigenvalue weighted by Crippen LogP contribution is -2.31. The molecule has 2 aromatic rings. The van der Waals surface area contributed by atoms with Crippen molar-refractivity contribution in [2.45, 2.75) is 32.5 Å². The highest BCUT2D eigenvalue weighted by molar-refractivity contribution is 6.49.